The number of rotatable bonds is 6. The van der Waals surface area contributed by atoms with Gasteiger partial charge >= 0.3 is 0 Å². The van der Waals surface area contributed by atoms with Gasteiger partial charge in [-0.2, -0.15) is 10.2 Å². The maximum atomic E-state index is 10.8. The first-order valence-corrected chi connectivity index (χ1v) is 8.23. The highest BCUT2D eigenvalue weighted by Crippen LogP contribution is 2.20. The Morgan fingerprint density at radius 1 is 1.27 bits per heavy atom. The lowest BCUT2D eigenvalue weighted by Crippen LogP contribution is -2.01. The third-order valence-electron chi connectivity index (χ3n) is 3.73. The van der Waals surface area contributed by atoms with Gasteiger partial charge in [-0.15, -0.1) is 0 Å². The van der Waals surface area contributed by atoms with Gasteiger partial charge in [-0.1, -0.05) is 48.0 Å². The van der Waals surface area contributed by atoms with Crippen LogP contribution in [-0.4, -0.2) is 20.9 Å². The van der Waals surface area contributed by atoms with Crippen LogP contribution >= 0.6 is 11.6 Å². The molecule has 0 aliphatic rings. The summed E-state index contributed by atoms with van der Waals surface area (Å²) < 4.78 is 1.71. The Morgan fingerprint density at radius 3 is 2.77 bits per heavy atom. The number of nitro benzene ring substituents is 1. The van der Waals surface area contributed by atoms with Crippen LogP contribution < -0.4 is 5.43 Å². The quantitative estimate of drug-likeness (QED) is 0.400. The van der Waals surface area contributed by atoms with Crippen molar-refractivity contribution in [2.75, 3.05) is 5.43 Å². The van der Waals surface area contributed by atoms with E-state index in [-0.39, 0.29) is 5.69 Å². The molecule has 0 unspecified atom stereocenters. The molecule has 0 bridgehead atoms. The number of hydrazone groups is 1. The molecule has 132 valence electrons. The smallest absolute Gasteiger partial charge is 0.271 e. The lowest BCUT2D eigenvalue weighted by molar-refractivity contribution is -0.384. The zero-order valence-electron chi connectivity index (χ0n) is 14.0. The average molecular weight is 370 g/mol. The van der Waals surface area contributed by atoms with Gasteiger partial charge in [-0.05, 0) is 18.6 Å². The third kappa shape index (κ3) is 4.07. The highest BCUT2D eigenvalue weighted by Gasteiger charge is 2.12. The van der Waals surface area contributed by atoms with Gasteiger partial charge in [0.05, 0.1) is 34.6 Å². The van der Waals surface area contributed by atoms with E-state index in [0.717, 1.165) is 11.3 Å². The predicted octanol–water partition coefficient (Wildman–Crippen LogP) is 4.25. The van der Waals surface area contributed by atoms with E-state index in [9.17, 15) is 10.1 Å². The molecule has 0 saturated heterocycles. The molecular formula is C18H16ClN5O2. The molecule has 1 heterocycles. The molecule has 1 aromatic heterocycles. The molecule has 0 aliphatic carbocycles. The second-order valence-corrected chi connectivity index (χ2v) is 5.97. The van der Waals surface area contributed by atoms with E-state index in [4.69, 9.17) is 11.6 Å². The van der Waals surface area contributed by atoms with Crippen LogP contribution in [0.15, 0.2) is 59.7 Å². The van der Waals surface area contributed by atoms with Gasteiger partial charge in [-0.3, -0.25) is 15.5 Å². The molecule has 0 atom stereocenters. The second-order valence-electron chi connectivity index (χ2n) is 5.61. The monoisotopic (exact) mass is 369 g/mol. The maximum absolute atomic E-state index is 10.8. The lowest BCUT2D eigenvalue weighted by Gasteiger charge is -2.03. The summed E-state index contributed by atoms with van der Waals surface area (Å²) in [6.45, 7) is 2.41. The third-order valence-corrected chi connectivity index (χ3v) is 4.13. The number of hydrogen-bond donors (Lipinski definition) is 1. The van der Waals surface area contributed by atoms with Crippen molar-refractivity contribution in [3.05, 3.63) is 86.7 Å². The number of hydrogen-bond acceptors (Lipinski definition) is 5. The van der Waals surface area contributed by atoms with Crippen LogP contribution in [0, 0.1) is 17.0 Å². The van der Waals surface area contributed by atoms with Crippen molar-refractivity contribution >= 4 is 29.2 Å². The maximum Gasteiger partial charge on any atom is 0.271 e. The fraction of sp³-hybridized carbons (Fsp3) is 0.111. The van der Waals surface area contributed by atoms with E-state index in [2.05, 4.69) is 15.6 Å². The highest BCUT2D eigenvalue weighted by molar-refractivity contribution is 6.32. The summed E-state index contributed by atoms with van der Waals surface area (Å²) in [5.41, 5.74) is 5.81. The molecule has 0 spiro atoms. The summed E-state index contributed by atoms with van der Waals surface area (Å²) >= 11 is 6.42. The fourth-order valence-corrected chi connectivity index (χ4v) is 2.72. The molecule has 2 aromatic carbocycles. The molecule has 8 heteroatoms. The number of aryl methyl sites for hydroxylation is 1. The van der Waals surface area contributed by atoms with Crippen molar-refractivity contribution in [1.82, 2.24) is 9.78 Å². The first-order valence-electron chi connectivity index (χ1n) is 7.85. The molecule has 0 saturated carbocycles. The van der Waals surface area contributed by atoms with Gasteiger partial charge < -0.3 is 0 Å². The molecule has 0 fully saturated rings. The van der Waals surface area contributed by atoms with Crippen LogP contribution in [0.2, 0.25) is 5.15 Å². The van der Waals surface area contributed by atoms with Crippen LogP contribution in [0.3, 0.4) is 0 Å². The Labute approximate surface area is 155 Å². The van der Waals surface area contributed by atoms with E-state index in [1.807, 2.05) is 37.3 Å². The standard InChI is InChI=1S/C18H16ClN5O2/c1-13-17(11-20-21-15-8-5-9-16(10-15)24(25)26)18(19)23(22-13)12-14-6-3-2-4-7-14/h2-11,21H,12H2,1H3. The summed E-state index contributed by atoms with van der Waals surface area (Å²) in [7, 11) is 0. The number of anilines is 1. The average Bonchev–Trinajstić information content (AvgIpc) is 2.90. The predicted molar refractivity (Wildman–Crippen MR) is 102 cm³/mol. The first-order chi connectivity index (χ1) is 12.5. The minimum Gasteiger partial charge on any atom is -0.278 e. The molecule has 0 amide bonds. The minimum absolute atomic E-state index is 0.00454. The number of halogens is 1. The van der Waals surface area contributed by atoms with Gasteiger partial charge in [0.15, 0.2) is 0 Å². The van der Waals surface area contributed by atoms with E-state index in [0.29, 0.717) is 22.9 Å². The van der Waals surface area contributed by atoms with Crippen LogP contribution in [0.5, 0.6) is 0 Å². The molecule has 7 nitrogen and oxygen atoms in total. The van der Waals surface area contributed by atoms with Gasteiger partial charge in [0.1, 0.15) is 5.15 Å². The van der Waals surface area contributed by atoms with Crippen LogP contribution in [0.25, 0.3) is 0 Å². The van der Waals surface area contributed by atoms with Gasteiger partial charge in [0, 0.05) is 12.1 Å². The van der Waals surface area contributed by atoms with Gasteiger partial charge in [0.2, 0.25) is 0 Å². The largest absolute Gasteiger partial charge is 0.278 e. The number of nitrogens with zero attached hydrogens (tertiary/aromatic N) is 4. The van der Waals surface area contributed by atoms with Crippen molar-refractivity contribution in [2.45, 2.75) is 13.5 Å². The highest BCUT2D eigenvalue weighted by atomic mass is 35.5. The Morgan fingerprint density at radius 2 is 2.04 bits per heavy atom. The summed E-state index contributed by atoms with van der Waals surface area (Å²) in [6, 6.07) is 16.0. The van der Waals surface area contributed by atoms with E-state index in [1.54, 1.807) is 23.0 Å². The number of nitrogens with one attached hydrogen (secondary N) is 1. The molecule has 1 N–H and O–H groups in total. The van der Waals surface area contributed by atoms with Crippen molar-refractivity contribution < 1.29 is 4.92 Å². The number of aromatic nitrogens is 2. The van der Waals surface area contributed by atoms with Crippen LogP contribution in [-0.2, 0) is 6.54 Å². The molecule has 3 rings (SSSR count). The van der Waals surface area contributed by atoms with Crippen molar-refractivity contribution in [3.63, 3.8) is 0 Å². The molecular weight excluding hydrogens is 354 g/mol. The van der Waals surface area contributed by atoms with Crippen LogP contribution in [0.1, 0.15) is 16.8 Å². The Hall–Kier alpha value is -3.19. The normalized spacial score (nSPS) is 11.0. The SMILES string of the molecule is Cc1nn(Cc2ccccc2)c(Cl)c1C=NNc1cccc([N+](=O)[O-])c1. The molecule has 0 radical (unpaired) electrons. The van der Waals surface area contributed by atoms with Crippen LogP contribution in [0.4, 0.5) is 11.4 Å². The van der Waals surface area contributed by atoms with E-state index < -0.39 is 4.92 Å². The van der Waals surface area contributed by atoms with E-state index >= 15 is 0 Å². The van der Waals surface area contributed by atoms with Crippen molar-refractivity contribution in [2.24, 2.45) is 5.10 Å². The molecule has 3 aromatic rings. The second kappa shape index (κ2) is 7.79. The molecule has 26 heavy (non-hydrogen) atoms. The number of non-ortho nitro benzene ring substituents is 1. The molecule has 0 aliphatic heterocycles. The summed E-state index contributed by atoms with van der Waals surface area (Å²) in [4.78, 5) is 10.3. The Balaban J connectivity index is 1.74. The summed E-state index contributed by atoms with van der Waals surface area (Å²) in [5, 5.41) is 19.8. The van der Waals surface area contributed by atoms with Gasteiger partial charge in [0.25, 0.3) is 5.69 Å². The van der Waals surface area contributed by atoms with Crippen molar-refractivity contribution in [3.8, 4) is 0 Å². The van der Waals surface area contributed by atoms with Crippen molar-refractivity contribution in [1.29, 1.82) is 0 Å². The number of benzene rings is 2. The van der Waals surface area contributed by atoms with E-state index in [1.165, 1.54) is 12.1 Å². The van der Waals surface area contributed by atoms with Gasteiger partial charge in [-0.25, -0.2) is 4.68 Å². The zero-order chi connectivity index (χ0) is 18.5. The lowest BCUT2D eigenvalue weighted by atomic mass is 10.2. The topological polar surface area (TPSA) is 85.3 Å². The fourth-order valence-electron chi connectivity index (χ4n) is 2.44. The summed E-state index contributed by atoms with van der Waals surface area (Å²) in [6.07, 6.45) is 1.56. The Bertz CT molecular complexity index is 953. The summed E-state index contributed by atoms with van der Waals surface area (Å²) in [5.74, 6) is 0. The number of nitro groups is 1. The first kappa shape index (κ1) is 17.6. The zero-order valence-corrected chi connectivity index (χ0v) is 14.7. The Kier molecular flexibility index (Phi) is 5.28. The minimum atomic E-state index is -0.455.